The van der Waals surface area contributed by atoms with E-state index in [9.17, 15) is 26.0 Å². The average molecular weight is 498 g/mol. The summed E-state index contributed by atoms with van der Waals surface area (Å²) in [6.45, 7) is 0.207. The summed E-state index contributed by atoms with van der Waals surface area (Å²) in [5, 5.41) is 9.76. The Labute approximate surface area is 181 Å². The lowest BCUT2D eigenvalue weighted by atomic mass is 9.97. The monoisotopic (exact) mass is 497 g/mol. The number of carbonyl (C=O) groups excluding carboxylic acids is 1. The Balaban J connectivity index is 1.59. The van der Waals surface area contributed by atoms with Crippen LogP contribution in [0.3, 0.4) is 0 Å². The van der Waals surface area contributed by atoms with Crippen LogP contribution in [0.2, 0.25) is 5.02 Å². The normalized spacial score (nSPS) is 16.4. The van der Waals surface area contributed by atoms with Crippen LogP contribution in [0.15, 0.2) is 23.1 Å². The van der Waals surface area contributed by atoms with E-state index in [4.69, 9.17) is 11.6 Å². The molecule has 164 valence electrons. The van der Waals surface area contributed by atoms with Gasteiger partial charge in [-0.1, -0.05) is 22.9 Å². The molecule has 0 bridgehead atoms. The molecule has 0 atom stereocenters. The van der Waals surface area contributed by atoms with E-state index in [0.29, 0.717) is 0 Å². The predicted octanol–water partition coefficient (Wildman–Crippen LogP) is 1.74. The molecule has 1 aromatic heterocycles. The molecule has 2 N–H and O–H groups in total. The minimum Gasteiger partial charge on any atom is -0.300 e. The van der Waals surface area contributed by atoms with Crippen molar-refractivity contribution in [2.24, 2.45) is 5.92 Å². The molecule has 0 aliphatic carbocycles. The van der Waals surface area contributed by atoms with Crippen LogP contribution in [0.1, 0.15) is 12.8 Å². The maximum atomic E-state index is 13.3. The summed E-state index contributed by atoms with van der Waals surface area (Å²) in [5.41, 5.74) is 0. The number of benzene rings is 1. The number of hydrogen-bond acceptors (Lipinski definition) is 8. The van der Waals surface area contributed by atoms with Crippen molar-refractivity contribution >= 4 is 59.2 Å². The number of carbonyl (C=O) groups is 1. The van der Waals surface area contributed by atoms with E-state index in [2.05, 4.69) is 20.2 Å². The molecule has 1 aliphatic rings. The number of piperidine rings is 1. The van der Waals surface area contributed by atoms with Gasteiger partial charge in [0.2, 0.25) is 36.2 Å². The molecular weight excluding hydrogens is 481 g/mol. The number of amides is 1. The number of nitrogens with zero attached hydrogens (tertiary/aromatic N) is 3. The molecule has 1 aromatic carbocycles. The van der Waals surface area contributed by atoms with E-state index in [1.165, 1.54) is 4.31 Å². The molecule has 1 aliphatic heterocycles. The Kier molecular flexibility index (Phi) is 6.62. The van der Waals surface area contributed by atoms with Crippen LogP contribution in [0.5, 0.6) is 0 Å². The van der Waals surface area contributed by atoms with Gasteiger partial charge in [-0.3, -0.25) is 9.52 Å². The zero-order valence-electron chi connectivity index (χ0n) is 15.5. The van der Waals surface area contributed by atoms with Crippen LogP contribution in [0, 0.1) is 11.7 Å². The molecule has 10 nitrogen and oxygen atoms in total. The Bertz CT molecular complexity index is 1160. The quantitative estimate of drug-likeness (QED) is 0.619. The highest BCUT2D eigenvalue weighted by Gasteiger charge is 2.32. The van der Waals surface area contributed by atoms with Gasteiger partial charge >= 0.3 is 0 Å². The van der Waals surface area contributed by atoms with Gasteiger partial charge in [0.15, 0.2) is 0 Å². The second-order valence-electron chi connectivity index (χ2n) is 6.53. The minimum atomic E-state index is -3.86. The van der Waals surface area contributed by atoms with Gasteiger partial charge in [0.05, 0.1) is 16.2 Å². The maximum absolute atomic E-state index is 13.3. The fourth-order valence-corrected chi connectivity index (χ4v) is 6.04. The highest BCUT2D eigenvalue weighted by molar-refractivity contribution is 7.92. The first-order chi connectivity index (χ1) is 14.0. The fraction of sp³-hybridized carbons (Fsp3) is 0.400. The Morgan fingerprint density at radius 3 is 2.43 bits per heavy atom. The van der Waals surface area contributed by atoms with E-state index >= 15 is 0 Å². The van der Waals surface area contributed by atoms with Crippen molar-refractivity contribution in [1.29, 1.82) is 0 Å². The number of halogens is 2. The van der Waals surface area contributed by atoms with Crippen LogP contribution in [0.25, 0.3) is 0 Å². The van der Waals surface area contributed by atoms with Crippen LogP contribution in [-0.4, -0.2) is 56.6 Å². The van der Waals surface area contributed by atoms with E-state index in [1.54, 1.807) is 0 Å². The third kappa shape index (κ3) is 5.43. The summed E-state index contributed by atoms with van der Waals surface area (Å²) in [5.74, 6) is -1.53. The van der Waals surface area contributed by atoms with Crippen LogP contribution in [-0.2, 0) is 24.8 Å². The molecule has 1 saturated heterocycles. The van der Waals surface area contributed by atoms with E-state index in [0.717, 1.165) is 35.8 Å². The number of rotatable bonds is 6. The summed E-state index contributed by atoms with van der Waals surface area (Å²) in [4.78, 5) is 12.3. The first-order valence-electron chi connectivity index (χ1n) is 8.53. The molecule has 3 rings (SSSR count). The van der Waals surface area contributed by atoms with Gasteiger partial charge < -0.3 is 5.32 Å². The fourth-order valence-electron chi connectivity index (χ4n) is 2.83. The molecule has 0 radical (unpaired) electrons. The smallest absolute Gasteiger partial charge is 0.243 e. The minimum absolute atomic E-state index is 0.0201. The number of sulfonamides is 2. The summed E-state index contributed by atoms with van der Waals surface area (Å²) >= 11 is 6.54. The van der Waals surface area contributed by atoms with Gasteiger partial charge in [-0.25, -0.2) is 21.2 Å². The lowest BCUT2D eigenvalue weighted by Gasteiger charge is -2.30. The second-order valence-corrected chi connectivity index (χ2v) is 11.6. The van der Waals surface area contributed by atoms with Gasteiger partial charge in [-0.15, -0.1) is 10.2 Å². The van der Waals surface area contributed by atoms with Gasteiger partial charge in [0.25, 0.3) is 0 Å². The van der Waals surface area contributed by atoms with Crippen molar-refractivity contribution < 1.29 is 26.0 Å². The van der Waals surface area contributed by atoms with E-state index < -0.39 is 31.8 Å². The lowest BCUT2D eigenvalue weighted by molar-refractivity contribution is -0.120. The Morgan fingerprint density at radius 1 is 1.20 bits per heavy atom. The molecule has 2 heterocycles. The van der Waals surface area contributed by atoms with E-state index in [1.807, 2.05) is 0 Å². The van der Waals surface area contributed by atoms with Crippen molar-refractivity contribution in [2.45, 2.75) is 17.7 Å². The number of aromatic nitrogens is 2. The summed E-state index contributed by atoms with van der Waals surface area (Å²) in [7, 11) is -7.37. The van der Waals surface area contributed by atoms with Crippen LogP contribution < -0.4 is 10.0 Å². The van der Waals surface area contributed by atoms with Crippen LogP contribution in [0.4, 0.5) is 14.7 Å². The van der Waals surface area contributed by atoms with Crippen molar-refractivity contribution in [2.75, 3.05) is 29.4 Å². The van der Waals surface area contributed by atoms with Gasteiger partial charge in [-0.05, 0) is 31.0 Å². The Hall–Kier alpha value is -1.87. The van der Waals surface area contributed by atoms with Gasteiger partial charge in [0, 0.05) is 19.0 Å². The lowest BCUT2D eigenvalue weighted by Crippen LogP contribution is -2.41. The Morgan fingerprint density at radius 2 is 1.83 bits per heavy atom. The summed E-state index contributed by atoms with van der Waals surface area (Å²) < 4.78 is 64.5. The average Bonchev–Trinajstić information content (AvgIpc) is 3.08. The molecule has 1 fully saturated rings. The number of anilines is 2. The van der Waals surface area contributed by atoms with Crippen molar-refractivity contribution in [3.05, 3.63) is 29.0 Å². The van der Waals surface area contributed by atoms with Crippen LogP contribution >= 0.6 is 22.9 Å². The van der Waals surface area contributed by atoms with Crippen molar-refractivity contribution in [3.8, 4) is 0 Å². The molecule has 30 heavy (non-hydrogen) atoms. The van der Waals surface area contributed by atoms with E-state index in [-0.39, 0.29) is 52.0 Å². The first kappa shape index (κ1) is 22.8. The number of nitrogens with one attached hydrogen (secondary N) is 2. The van der Waals surface area contributed by atoms with Crippen molar-refractivity contribution in [3.63, 3.8) is 0 Å². The summed E-state index contributed by atoms with van der Waals surface area (Å²) in [6, 6.07) is 3.19. The maximum Gasteiger partial charge on any atom is 0.243 e. The van der Waals surface area contributed by atoms with Crippen molar-refractivity contribution in [1.82, 2.24) is 14.5 Å². The SMILES string of the molecule is CS(=O)(=O)Nc1nnc(NC(=O)C2CCN(S(=O)(=O)c3ccc(F)c(Cl)c3)CC2)s1. The predicted molar refractivity (Wildman–Crippen MR) is 110 cm³/mol. The molecule has 1 amide bonds. The summed E-state index contributed by atoms with van der Waals surface area (Å²) in [6.07, 6.45) is 1.51. The highest BCUT2D eigenvalue weighted by Crippen LogP contribution is 2.28. The van der Waals surface area contributed by atoms with Gasteiger partial charge in [0.1, 0.15) is 5.82 Å². The molecule has 0 saturated carbocycles. The zero-order valence-corrected chi connectivity index (χ0v) is 18.7. The zero-order chi connectivity index (χ0) is 22.1. The molecular formula is C15H17ClFN5O5S3. The topological polar surface area (TPSA) is 138 Å². The first-order valence-corrected chi connectivity index (χ1v) is 13.1. The third-order valence-electron chi connectivity index (χ3n) is 4.28. The second kappa shape index (κ2) is 8.70. The molecule has 0 spiro atoms. The highest BCUT2D eigenvalue weighted by atomic mass is 35.5. The largest absolute Gasteiger partial charge is 0.300 e. The molecule has 15 heteroatoms. The number of hydrogen-bond donors (Lipinski definition) is 2. The standard InChI is InChI=1S/C15H17ClFN5O5S3/c1-29(24,25)21-15-20-19-14(28-15)18-13(23)9-4-6-22(7-5-9)30(26,27)10-2-3-12(17)11(16)8-10/h2-3,8-9H,4-7H2,1H3,(H,20,21)(H,18,19,23). The molecule has 2 aromatic rings. The third-order valence-corrected chi connectivity index (χ3v) is 7.91. The van der Waals surface area contributed by atoms with Gasteiger partial charge in [-0.2, -0.15) is 4.31 Å². The molecule has 0 unspecified atom stereocenters.